The van der Waals surface area contributed by atoms with E-state index in [1.807, 2.05) is 13.8 Å². The minimum Gasteiger partial charge on any atom is -0.361 e. The molecule has 0 aromatic carbocycles. The first kappa shape index (κ1) is 13.3. The second-order valence-corrected chi connectivity index (χ2v) is 5.60. The van der Waals surface area contributed by atoms with E-state index in [9.17, 15) is 4.79 Å². The van der Waals surface area contributed by atoms with Crippen molar-refractivity contribution in [3.63, 3.8) is 0 Å². The minimum absolute atomic E-state index is 0.0345. The standard InChI is InChI=1S/C12H17BrN4O/c1-7(2)15-11(18)6-14-10-5-9(13)16-12(17-10)8-3-4-8/h5,7-8H,3-4,6H2,1-2H3,(H,15,18)(H,14,16,17). The van der Waals surface area contributed by atoms with Crippen molar-refractivity contribution in [3.05, 3.63) is 16.5 Å². The number of hydrogen-bond acceptors (Lipinski definition) is 4. The van der Waals surface area contributed by atoms with Gasteiger partial charge in [0.05, 0.1) is 6.54 Å². The van der Waals surface area contributed by atoms with Crippen molar-refractivity contribution < 1.29 is 4.79 Å². The molecule has 1 saturated carbocycles. The van der Waals surface area contributed by atoms with Crippen molar-refractivity contribution in [2.75, 3.05) is 11.9 Å². The number of nitrogens with zero attached hydrogens (tertiary/aromatic N) is 2. The highest BCUT2D eigenvalue weighted by molar-refractivity contribution is 9.10. The van der Waals surface area contributed by atoms with E-state index in [0.29, 0.717) is 11.7 Å². The summed E-state index contributed by atoms with van der Waals surface area (Å²) in [5.74, 6) is 2.01. The second kappa shape index (κ2) is 5.65. The van der Waals surface area contributed by atoms with E-state index < -0.39 is 0 Å². The number of amides is 1. The molecule has 1 aromatic heterocycles. The first-order valence-corrected chi connectivity index (χ1v) is 6.91. The van der Waals surface area contributed by atoms with Crippen molar-refractivity contribution in [2.45, 2.75) is 38.6 Å². The molecule has 0 saturated heterocycles. The summed E-state index contributed by atoms with van der Waals surface area (Å²) in [6.45, 7) is 4.10. The van der Waals surface area contributed by atoms with Crippen LogP contribution in [0.4, 0.5) is 5.82 Å². The van der Waals surface area contributed by atoms with Gasteiger partial charge in [-0.1, -0.05) is 0 Å². The van der Waals surface area contributed by atoms with Crippen LogP contribution < -0.4 is 10.6 Å². The number of aromatic nitrogens is 2. The lowest BCUT2D eigenvalue weighted by molar-refractivity contribution is -0.119. The maximum atomic E-state index is 11.5. The van der Waals surface area contributed by atoms with Crippen LogP contribution in [0.1, 0.15) is 38.4 Å². The second-order valence-electron chi connectivity index (χ2n) is 4.78. The highest BCUT2D eigenvalue weighted by atomic mass is 79.9. The van der Waals surface area contributed by atoms with Crippen LogP contribution in [-0.4, -0.2) is 28.5 Å². The third kappa shape index (κ3) is 3.94. The number of carbonyl (C=O) groups is 1. The molecule has 2 N–H and O–H groups in total. The summed E-state index contributed by atoms with van der Waals surface area (Å²) < 4.78 is 0.756. The molecule has 6 heteroatoms. The Morgan fingerprint density at radius 3 is 2.83 bits per heavy atom. The molecule has 0 bridgehead atoms. The van der Waals surface area contributed by atoms with Gasteiger partial charge in [0.1, 0.15) is 16.2 Å². The lowest BCUT2D eigenvalue weighted by Gasteiger charge is -2.10. The SMILES string of the molecule is CC(C)NC(=O)CNc1cc(Br)nc(C2CC2)n1. The van der Waals surface area contributed by atoms with Crippen LogP contribution >= 0.6 is 15.9 Å². The van der Waals surface area contributed by atoms with Crippen LogP contribution in [0.2, 0.25) is 0 Å². The highest BCUT2D eigenvalue weighted by Gasteiger charge is 2.27. The van der Waals surface area contributed by atoms with Crippen molar-refractivity contribution in [1.82, 2.24) is 15.3 Å². The fraction of sp³-hybridized carbons (Fsp3) is 0.583. The van der Waals surface area contributed by atoms with Gasteiger partial charge in [0.15, 0.2) is 0 Å². The van der Waals surface area contributed by atoms with Crippen LogP contribution in [0.3, 0.4) is 0 Å². The van der Waals surface area contributed by atoms with Gasteiger partial charge in [0, 0.05) is 18.0 Å². The molecule has 0 aliphatic heterocycles. The van der Waals surface area contributed by atoms with Crippen molar-refractivity contribution in [2.24, 2.45) is 0 Å². The van der Waals surface area contributed by atoms with Crippen molar-refractivity contribution in [1.29, 1.82) is 0 Å². The molecular formula is C12H17BrN4O. The first-order valence-electron chi connectivity index (χ1n) is 6.12. The molecule has 5 nitrogen and oxygen atoms in total. The number of anilines is 1. The Kier molecular flexibility index (Phi) is 4.16. The van der Waals surface area contributed by atoms with E-state index in [1.54, 1.807) is 6.07 Å². The van der Waals surface area contributed by atoms with E-state index >= 15 is 0 Å². The molecule has 1 heterocycles. The van der Waals surface area contributed by atoms with Crippen molar-refractivity contribution in [3.8, 4) is 0 Å². The maximum Gasteiger partial charge on any atom is 0.239 e. The lowest BCUT2D eigenvalue weighted by atomic mass is 10.4. The van der Waals surface area contributed by atoms with Gasteiger partial charge in [-0.2, -0.15) is 0 Å². The topological polar surface area (TPSA) is 66.9 Å². The van der Waals surface area contributed by atoms with Gasteiger partial charge in [-0.05, 0) is 42.6 Å². The van der Waals surface area contributed by atoms with Gasteiger partial charge in [0.25, 0.3) is 0 Å². The summed E-state index contributed by atoms with van der Waals surface area (Å²) in [6.07, 6.45) is 2.31. The van der Waals surface area contributed by atoms with E-state index in [0.717, 1.165) is 23.3 Å². The lowest BCUT2D eigenvalue weighted by Crippen LogP contribution is -2.35. The van der Waals surface area contributed by atoms with E-state index in [4.69, 9.17) is 0 Å². The Morgan fingerprint density at radius 2 is 2.22 bits per heavy atom. The van der Waals surface area contributed by atoms with Crippen molar-refractivity contribution >= 4 is 27.7 Å². The zero-order valence-corrected chi connectivity index (χ0v) is 12.1. The summed E-state index contributed by atoms with van der Waals surface area (Å²) in [4.78, 5) is 20.3. The maximum absolute atomic E-state index is 11.5. The Hall–Kier alpha value is -1.17. The number of hydrogen-bond donors (Lipinski definition) is 2. The zero-order chi connectivity index (χ0) is 13.1. The molecule has 2 rings (SSSR count). The van der Waals surface area contributed by atoms with Gasteiger partial charge in [-0.15, -0.1) is 0 Å². The molecule has 18 heavy (non-hydrogen) atoms. The van der Waals surface area contributed by atoms with Gasteiger partial charge in [0.2, 0.25) is 5.91 Å². The van der Waals surface area contributed by atoms with Gasteiger partial charge >= 0.3 is 0 Å². The highest BCUT2D eigenvalue weighted by Crippen LogP contribution is 2.38. The van der Waals surface area contributed by atoms with Gasteiger partial charge in [-0.25, -0.2) is 9.97 Å². The van der Waals surface area contributed by atoms with E-state index in [1.165, 1.54) is 0 Å². The number of nitrogens with one attached hydrogen (secondary N) is 2. The Morgan fingerprint density at radius 1 is 1.50 bits per heavy atom. The third-order valence-corrected chi connectivity index (χ3v) is 2.94. The molecule has 1 aliphatic rings. The number of rotatable bonds is 5. The minimum atomic E-state index is -0.0345. The quantitative estimate of drug-likeness (QED) is 0.817. The molecular weight excluding hydrogens is 296 g/mol. The number of halogens is 1. The van der Waals surface area contributed by atoms with E-state index in [2.05, 4.69) is 36.5 Å². The van der Waals surface area contributed by atoms with Crippen LogP contribution in [0.5, 0.6) is 0 Å². The summed E-state index contributed by atoms with van der Waals surface area (Å²) >= 11 is 3.36. The molecule has 0 unspecified atom stereocenters. The van der Waals surface area contributed by atoms with Gasteiger partial charge < -0.3 is 10.6 Å². The molecule has 1 aromatic rings. The molecule has 98 valence electrons. The first-order chi connectivity index (χ1) is 8.54. The smallest absolute Gasteiger partial charge is 0.239 e. The monoisotopic (exact) mass is 312 g/mol. The normalized spacial score (nSPS) is 14.7. The molecule has 0 radical (unpaired) electrons. The van der Waals surface area contributed by atoms with Crippen LogP contribution in [0.15, 0.2) is 10.7 Å². The molecule has 1 amide bonds. The van der Waals surface area contributed by atoms with Gasteiger partial charge in [-0.3, -0.25) is 4.79 Å². The molecule has 0 spiro atoms. The third-order valence-electron chi connectivity index (χ3n) is 2.53. The Labute approximate surface area is 115 Å². The fourth-order valence-corrected chi connectivity index (χ4v) is 1.99. The summed E-state index contributed by atoms with van der Waals surface area (Å²) in [5.41, 5.74) is 0. The Bertz CT molecular complexity index is 446. The zero-order valence-electron chi connectivity index (χ0n) is 10.5. The van der Waals surface area contributed by atoms with E-state index in [-0.39, 0.29) is 18.5 Å². The van der Waals surface area contributed by atoms with Crippen LogP contribution in [0, 0.1) is 0 Å². The molecule has 1 aliphatic carbocycles. The Balaban J connectivity index is 1.94. The summed E-state index contributed by atoms with van der Waals surface area (Å²) in [5, 5.41) is 5.84. The average molecular weight is 313 g/mol. The van der Waals surface area contributed by atoms with Crippen LogP contribution in [0.25, 0.3) is 0 Å². The molecule has 1 fully saturated rings. The summed E-state index contributed by atoms with van der Waals surface area (Å²) in [7, 11) is 0. The predicted octanol–water partition coefficient (Wildman–Crippen LogP) is 2.05. The number of carbonyl (C=O) groups excluding carboxylic acids is 1. The summed E-state index contributed by atoms with van der Waals surface area (Å²) in [6, 6.07) is 1.94. The average Bonchev–Trinajstić information content (AvgIpc) is 3.08. The molecule has 0 atom stereocenters. The fourth-order valence-electron chi connectivity index (χ4n) is 1.59. The predicted molar refractivity (Wildman–Crippen MR) is 73.5 cm³/mol. The van der Waals surface area contributed by atoms with Crippen LogP contribution in [-0.2, 0) is 4.79 Å². The largest absolute Gasteiger partial charge is 0.361 e.